The van der Waals surface area contributed by atoms with Crippen molar-refractivity contribution in [2.75, 3.05) is 6.54 Å². The maximum absolute atomic E-state index is 13.0. The second-order valence-corrected chi connectivity index (χ2v) is 4.57. The number of nitrogens with one attached hydrogen (secondary N) is 1. The lowest BCUT2D eigenvalue weighted by molar-refractivity contribution is 0.447. The third-order valence-electron chi connectivity index (χ3n) is 3.04. The summed E-state index contributed by atoms with van der Waals surface area (Å²) >= 11 is 0. The van der Waals surface area contributed by atoms with Crippen molar-refractivity contribution in [1.29, 1.82) is 0 Å². The summed E-state index contributed by atoms with van der Waals surface area (Å²) in [5.74, 6) is -0.126. The first-order valence-corrected chi connectivity index (χ1v) is 6.74. The van der Waals surface area contributed by atoms with Crippen molar-refractivity contribution in [1.82, 2.24) is 5.32 Å². The molecular formula is C15H24FN. The molecule has 0 radical (unpaired) electrons. The van der Waals surface area contributed by atoms with E-state index >= 15 is 0 Å². The van der Waals surface area contributed by atoms with Gasteiger partial charge in [0.05, 0.1) is 0 Å². The Bertz CT molecular complexity index is 306. The highest BCUT2D eigenvalue weighted by atomic mass is 19.1. The highest BCUT2D eigenvalue weighted by molar-refractivity contribution is 5.16. The minimum atomic E-state index is -0.126. The van der Waals surface area contributed by atoms with E-state index in [-0.39, 0.29) is 5.82 Å². The molecule has 0 spiro atoms. The maximum atomic E-state index is 13.0. The zero-order valence-electron chi connectivity index (χ0n) is 11.0. The van der Waals surface area contributed by atoms with Crippen molar-refractivity contribution in [2.24, 2.45) is 0 Å². The van der Waals surface area contributed by atoms with Crippen LogP contribution in [0.25, 0.3) is 0 Å². The Hall–Kier alpha value is -0.890. The lowest BCUT2D eigenvalue weighted by Gasteiger charge is -2.16. The van der Waals surface area contributed by atoms with Gasteiger partial charge in [-0.15, -0.1) is 0 Å². The molecule has 0 aliphatic heterocycles. The summed E-state index contributed by atoms with van der Waals surface area (Å²) in [6.07, 6.45) is 5.73. The van der Waals surface area contributed by atoms with Crippen LogP contribution in [0.4, 0.5) is 4.39 Å². The smallest absolute Gasteiger partial charge is 0.123 e. The number of rotatable bonds is 8. The zero-order valence-corrected chi connectivity index (χ0v) is 11.0. The van der Waals surface area contributed by atoms with Gasteiger partial charge in [0.25, 0.3) is 0 Å². The summed E-state index contributed by atoms with van der Waals surface area (Å²) in [6.45, 7) is 5.40. The largest absolute Gasteiger partial charge is 0.314 e. The van der Waals surface area contributed by atoms with Crippen LogP contribution in [0.15, 0.2) is 24.3 Å². The quantitative estimate of drug-likeness (QED) is 0.722. The Labute approximate surface area is 104 Å². The summed E-state index contributed by atoms with van der Waals surface area (Å²) in [6, 6.07) is 7.56. The van der Waals surface area contributed by atoms with E-state index in [1.165, 1.54) is 25.3 Å². The third kappa shape index (κ3) is 5.83. The van der Waals surface area contributed by atoms with Crippen molar-refractivity contribution in [3.63, 3.8) is 0 Å². The van der Waals surface area contributed by atoms with Crippen LogP contribution in [-0.2, 0) is 6.42 Å². The molecule has 0 bridgehead atoms. The monoisotopic (exact) mass is 237 g/mol. The molecule has 1 aromatic rings. The Morgan fingerprint density at radius 1 is 1.24 bits per heavy atom. The van der Waals surface area contributed by atoms with Crippen molar-refractivity contribution in [2.45, 2.75) is 52.0 Å². The standard InChI is InChI=1S/C15H24FN/c1-3-7-15(17-4-2)11-6-9-13-8-5-10-14(16)12-13/h5,8,10,12,15,17H,3-4,6-7,9,11H2,1-2H3. The fraction of sp³-hybridized carbons (Fsp3) is 0.600. The van der Waals surface area contributed by atoms with Crippen LogP contribution in [0.3, 0.4) is 0 Å². The lowest BCUT2D eigenvalue weighted by atomic mass is 10.0. The minimum Gasteiger partial charge on any atom is -0.314 e. The SMILES string of the molecule is CCCC(CCCc1cccc(F)c1)NCC. The molecule has 1 nitrogen and oxygen atoms in total. The predicted molar refractivity (Wildman–Crippen MR) is 71.7 cm³/mol. The fourth-order valence-corrected chi connectivity index (χ4v) is 2.23. The second-order valence-electron chi connectivity index (χ2n) is 4.57. The Balaban J connectivity index is 2.30. The average Bonchev–Trinajstić information content (AvgIpc) is 2.30. The minimum absolute atomic E-state index is 0.126. The van der Waals surface area contributed by atoms with Crippen LogP contribution in [-0.4, -0.2) is 12.6 Å². The van der Waals surface area contributed by atoms with Crippen LogP contribution in [0.5, 0.6) is 0 Å². The number of hydrogen-bond acceptors (Lipinski definition) is 1. The van der Waals surface area contributed by atoms with Gasteiger partial charge < -0.3 is 5.32 Å². The second kappa shape index (κ2) is 8.24. The van der Waals surface area contributed by atoms with Gasteiger partial charge in [-0.1, -0.05) is 32.4 Å². The Kier molecular flexibility index (Phi) is 6.87. The van der Waals surface area contributed by atoms with Crippen LogP contribution >= 0.6 is 0 Å². The molecule has 1 rings (SSSR count). The topological polar surface area (TPSA) is 12.0 Å². The number of halogens is 1. The van der Waals surface area contributed by atoms with Gasteiger partial charge in [-0.3, -0.25) is 0 Å². The van der Waals surface area contributed by atoms with Gasteiger partial charge in [0, 0.05) is 6.04 Å². The van der Waals surface area contributed by atoms with Gasteiger partial charge in [0.2, 0.25) is 0 Å². The van der Waals surface area contributed by atoms with Gasteiger partial charge >= 0.3 is 0 Å². The molecule has 0 amide bonds. The molecular weight excluding hydrogens is 213 g/mol. The summed E-state index contributed by atoms with van der Waals surface area (Å²) in [4.78, 5) is 0. The molecule has 0 aliphatic carbocycles. The van der Waals surface area contributed by atoms with Crippen LogP contribution in [0.2, 0.25) is 0 Å². The molecule has 0 aromatic heterocycles. The molecule has 0 aliphatic rings. The highest BCUT2D eigenvalue weighted by Crippen LogP contribution is 2.11. The van der Waals surface area contributed by atoms with Crippen molar-refractivity contribution in [3.05, 3.63) is 35.6 Å². The van der Waals surface area contributed by atoms with Gasteiger partial charge in [0.1, 0.15) is 5.82 Å². The van der Waals surface area contributed by atoms with E-state index in [9.17, 15) is 4.39 Å². The summed E-state index contributed by atoms with van der Waals surface area (Å²) < 4.78 is 13.0. The highest BCUT2D eigenvalue weighted by Gasteiger charge is 2.05. The molecule has 2 heteroatoms. The number of benzene rings is 1. The van der Waals surface area contributed by atoms with Crippen LogP contribution < -0.4 is 5.32 Å². The van der Waals surface area contributed by atoms with E-state index in [2.05, 4.69) is 19.2 Å². The first-order chi connectivity index (χ1) is 8.26. The summed E-state index contributed by atoms with van der Waals surface area (Å²) in [5, 5.41) is 3.51. The van der Waals surface area contributed by atoms with Crippen molar-refractivity contribution in [3.8, 4) is 0 Å². The van der Waals surface area contributed by atoms with E-state index in [4.69, 9.17) is 0 Å². The summed E-state index contributed by atoms with van der Waals surface area (Å²) in [7, 11) is 0. The average molecular weight is 237 g/mol. The van der Waals surface area contributed by atoms with E-state index in [0.29, 0.717) is 6.04 Å². The van der Waals surface area contributed by atoms with E-state index in [1.54, 1.807) is 12.1 Å². The molecule has 0 saturated carbocycles. The van der Waals surface area contributed by atoms with Crippen LogP contribution in [0.1, 0.15) is 45.1 Å². The van der Waals surface area contributed by atoms with Gasteiger partial charge in [0.15, 0.2) is 0 Å². The normalized spacial score (nSPS) is 12.6. The number of hydrogen-bond donors (Lipinski definition) is 1. The Morgan fingerprint density at radius 3 is 2.71 bits per heavy atom. The molecule has 1 atom stereocenters. The first kappa shape index (κ1) is 14.2. The molecule has 1 aromatic carbocycles. The van der Waals surface area contributed by atoms with Gasteiger partial charge in [-0.05, 0) is 49.9 Å². The van der Waals surface area contributed by atoms with E-state index in [1.807, 2.05) is 6.07 Å². The molecule has 0 fully saturated rings. The molecule has 96 valence electrons. The third-order valence-corrected chi connectivity index (χ3v) is 3.04. The lowest BCUT2D eigenvalue weighted by Crippen LogP contribution is -2.28. The zero-order chi connectivity index (χ0) is 12.5. The molecule has 0 heterocycles. The molecule has 1 unspecified atom stereocenters. The van der Waals surface area contributed by atoms with Crippen LogP contribution in [0, 0.1) is 5.82 Å². The predicted octanol–water partition coefficient (Wildman–Crippen LogP) is 3.93. The van der Waals surface area contributed by atoms with Crippen molar-refractivity contribution < 1.29 is 4.39 Å². The van der Waals surface area contributed by atoms with Gasteiger partial charge in [-0.2, -0.15) is 0 Å². The van der Waals surface area contributed by atoms with E-state index < -0.39 is 0 Å². The fourth-order valence-electron chi connectivity index (χ4n) is 2.23. The molecule has 17 heavy (non-hydrogen) atoms. The molecule has 0 saturated heterocycles. The summed E-state index contributed by atoms with van der Waals surface area (Å²) in [5.41, 5.74) is 1.11. The van der Waals surface area contributed by atoms with Gasteiger partial charge in [-0.25, -0.2) is 4.39 Å². The maximum Gasteiger partial charge on any atom is 0.123 e. The Morgan fingerprint density at radius 2 is 2.06 bits per heavy atom. The van der Waals surface area contributed by atoms with Crippen molar-refractivity contribution >= 4 is 0 Å². The van der Waals surface area contributed by atoms with E-state index in [0.717, 1.165) is 24.9 Å². The first-order valence-electron chi connectivity index (χ1n) is 6.74. The number of aryl methyl sites for hydroxylation is 1. The molecule has 1 N–H and O–H groups in total.